The number of pyridine rings is 1. The number of halogens is 2. The summed E-state index contributed by atoms with van der Waals surface area (Å²) in [5, 5.41) is 11.3. The summed E-state index contributed by atoms with van der Waals surface area (Å²) in [6, 6.07) is 11.7. The van der Waals surface area contributed by atoms with Crippen LogP contribution in [-0.2, 0) is 16.6 Å². The number of anilines is 1. The van der Waals surface area contributed by atoms with Gasteiger partial charge in [0.2, 0.25) is 0 Å². The van der Waals surface area contributed by atoms with Crippen LogP contribution in [-0.4, -0.2) is 32.1 Å². The molecule has 0 aliphatic rings. The summed E-state index contributed by atoms with van der Waals surface area (Å²) in [7, 11) is -4.16. The first-order valence-corrected chi connectivity index (χ1v) is 11.7. The van der Waals surface area contributed by atoms with Crippen LogP contribution in [0.15, 0.2) is 65.8 Å². The first-order chi connectivity index (χ1) is 15.6. The fourth-order valence-electron chi connectivity index (χ4n) is 3.04. The molecule has 0 N–H and O–H groups in total. The SMILES string of the molecule is Cc1cc(N(CC(C)F)S(=O)(=O)c2cccnc2)c(OCc2ccc(C(=O)[O-])cc2)cc1Cl.[Na+]. The third-order valence-electron chi connectivity index (χ3n) is 4.73. The Kier molecular flexibility index (Phi) is 9.90. The summed E-state index contributed by atoms with van der Waals surface area (Å²) >= 11 is 6.26. The van der Waals surface area contributed by atoms with E-state index in [1.807, 2.05) is 0 Å². The number of aromatic nitrogens is 1. The third-order valence-corrected chi connectivity index (χ3v) is 6.90. The molecule has 0 spiro atoms. The van der Waals surface area contributed by atoms with Crippen molar-refractivity contribution in [1.29, 1.82) is 0 Å². The molecule has 0 aliphatic carbocycles. The maximum absolute atomic E-state index is 14.1. The van der Waals surface area contributed by atoms with Crippen LogP contribution in [0.5, 0.6) is 5.75 Å². The Morgan fingerprint density at radius 3 is 2.47 bits per heavy atom. The molecule has 0 amide bonds. The van der Waals surface area contributed by atoms with Crippen LogP contribution >= 0.6 is 11.6 Å². The number of nitrogens with zero attached hydrogens (tertiary/aromatic N) is 2. The van der Waals surface area contributed by atoms with E-state index in [0.717, 1.165) is 4.31 Å². The quantitative estimate of drug-likeness (QED) is 0.387. The molecular weight excluding hydrogens is 494 g/mol. The number of sulfonamides is 1. The number of alkyl halides is 1. The van der Waals surface area contributed by atoms with E-state index in [1.54, 1.807) is 19.1 Å². The first kappa shape index (κ1) is 28.1. The monoisotopic (exact) mass is 514 g/mol. The van der Waals surface area contributed by atoms with Crippen LogP contribution in [0.25, 0.3) is 0 Å². The summed E-state index contributed by atoms with van der Waals surface area (Å²) < 4.78 is 47.6. The van der Waals surface area contributed by atoms with Crippen molar-refractivity contribution in [3.05, 3.63) is 82.6 Å². The number of carboxylic acid groups (broad SMARTS) is 1. The maximum Gasteiger partial charge on any atom is 1.00 e. The van der Waals surface area contributed by atoms with E-state index in [9.17, 15) is 22.7 Å². The Balaban J connectivity index is 0.00000408. The third kappa shape index (κ3) is 6.70. The molecule has 1 unspecified atom stereocenters. The molecule has 3 aromatic rings. The molecule has 174 valence electrons. The largest absolute Gasteiger partial charge is 1.00 e. The first-order valence-electron chi connectivity index (χ1n) is 9.89. The number of carbonyl (C=O) groups excluding carboxylic acids is 1. The number of ether oxygens (including phenoxy) is 1. The van der Waals surface area contributed by atoms with Gasteiger partial charge in [-0.15, -0.1) is 0 Å². The summed E-state index contributed by atoms with van der Waals surface area (Å²) in [6.45, 7) is 2.50. The van der Waals surface area contributed by atoms with Gasteiger partial charge >= 0.3 is 29.6 Å². The van der Waals surface area contributed by atoms with Crippen LogP contribution in [0.2, 0.25) is 5.02 Å². The topological polar surface area (TPSA) is 99.6 Å². The van der Waals surface area contributed by atoms with Crippen LogP contribution in [0.1, 0.15) is 28.4 Å². The Morgan fingerprint density at radius 2 is 1.91 bits per heavy atom. The van der Waals surface area contributed by atoms with Gasteiger partial charge in [-0.25, -0.2) is 12.8 Å². The second-order valence-corrected chi connectivity index (χ2v) is 9.62. The number of carbonyl (C=O) groups is 1. The number of rotatable bonds is 9. The molecule has 11 heteroatoms. The predicted molar refractivity (Wildman–Crippen MR) is 121 cm³/mol. The zero-order valence-electron chi connectivity index (χ0n) is 18.9. The van der Waals surface area contributed by atoms with Gasteiger partial charge in [-0.1, -0.05) is 35.9 Å². The van der Waals surface area contributed by atoms with E-state index < -0.39 is 28.7 Å². The fourth-order valence-corrected chi connectivity index (χ4v) is 4.69. The van der Waals surface area contributed by atoms with E-state index >= 15 is 0 Å². The molecule has 3 rings (SSSR count). The number of aromatic carboxylic acids is 1. The smallest absolute Gasteiger partial charge is 0.545 e. The van der Waals surface area contributed by atoms with Crippen LogP contribution in [0.4, 0.5) is 10.1 Å². The summed E-state index contributed by atoms with van der Waals surface area (Å²) in [4.78, 5) is 14.7. The maximum atomic E-state index is 14.1. The van der Waals surface area contributed by atoms with Gasteiger partial charge in [0.15, 0.2) is 0 Å². The molecule has 34 heavy (non-hydrogen) atoms. The minimum atomic E-state index is -4.16. The van der Waals surface area contributed by atoms with E-state index in [0.29, 0.717) is 16.1 Å². The zero-order valence-corrected chi connectivity index (χ0v) is 22.4. The van der Waals surface area contributed by atoms with Crippen LogP contribution in [0, 0.1) is 6.92 Å². The van der Waals surface area contributed by atoms with Crippen LogP contribution in [0.3, 0.4) is 0 Å². The summed E-state index contributed by atoms with van der Waals surface area (Å²) in [6.07, 6.45) is 1.15. The molecule has 0 bridgehead atoms. The normalized spacial score (nSPS) is 11.9. The number of carboxylic acids is 1. The van der Waals surface area contributed by atoms with Gasteiger partial charge in [0.1, 0.15) is 23.4 Å². The minimum Gasteiger partial charge on any atom is -0.545 e. The molecule has 1 aromatic heterocycles. The molecular formula is C23H21ClFN2NaO5S. The fraction of sp³-hybridized carbons (Fsp3) is 0.217. The van der Waals surface area contributed by atoms with Gasteiger partial charge in [-0.3, -0.25) is 9.29 Å². The second-order valence-electron chi connectivity index (χ2n) is 7.35. The number of hydrogen-bond acceptors (Lipinski definition) is 6. The van der Waals surface area contributed by atoms with Gasteiger partial charge in [-0.05, 0) is 48.7 Å². The zero-order chi connectivity index (χ0) is 24.2. The average Bonchev–Trinajstić information content (AvgIpc) is 2.78. The Bertz CT molecular complexity index is 1240. The van der Waals surface area contributed by atoms with Gasteiger partial charge < -0.3 is 14.6 Å². The van der Waals surface area contributed by atoms with E-state index in [-0.39, 0.29) is 58.1 Å². The molecule has 0 radical (unpaired) electrons. The molecule has 2 aromatic carbocycles. The van der Waals surface area contributed by atoms with Crippen molar-refractivity contribution in [3.8, 4) is 5.75 Å². The Labute approximate surface area is 224 Å². The van der Waals surface area contributed by atoms with Crippen molar-refractivity contribution in [2.24, 2.45) is 0 Å². The minimum absolute atomic E-state index is 0. The number of hydrogen-bond donors (Lipinski definition) is 0. The van der Waals surface area contributed by atoms with Crippen molar-refractivity contribution < 1.29 is 57.0 Å². The van der Waals surface area contributed by atoms with E-state index in [2.05, 4.69) is 4.98 Å². The number of aryl methyl sites for hydroxylation is 1. The van der Waals surface area contributed by atoms with Gasteiger partial charge in [0.25, 0.3) is 10.0 Å². The average molecular weight is 515 g/mol. The summed E-state index contributed by atoms with van der Waals surface area (Å²) in [5.74, 6) is -1.17. The van der Waals surface area contributed by atoms with Crippen molar-refractivity contribution in [2.75, 3.05) is 10.8 Å². The van der Waals surface area contributed by atoms with Gasteiger partial charge in [0.05, 0.1) is 18.2 Å². The Morgan fingerprint density at radius 1 is 1.24 bits per heavy atom. The number of benzene rings is 2. The van der Waals surface area contributed by atoms with E-state index in [1.165, 1.54) is 55.7 Å². The molecule has 0 fully saturated rings. The van der Waals surface area contributed by atoms with Crippen molar-refractivity contribution in [2.45, 2.75) is 31.5 Å². The van der Waals surface area contributed by atoms with E-state index in [4.69, 9.17) is 16.3 Å². The van der Waals surface area contributed by atoms with Crippen molar-refractivity contribution >= 4 is 33.3 Å². The Hall–Kier alpha value is -2.17. The predicted octanol–water partition coefficient (Wildman–Crippen LogP) is 0.543. The van der Waals surface area contributed by atoms with Crippen LogP contribution < -0.4 is 43.7 Å². The second kappa shape index (κ2) is 12.0. The molecule has 0 aliphatic heterocycles. The standard InChI is InChI=1S/C23H22ClFN2O5S.Na/c1-15-10-21(27(13-16(2)25)33(30,31)19-4-3-9-26-12-19)22(11-20(15)24)32-14-17-5-7-18(8-6-17)23(28)29;/h3-12,16H,13-14H2,1-2H3,(H,28,29);/q;+1/p-1. The molecule has 0 saturated heterocycles. The molecule has 0 saturated carbocycles. The molecule has 1 atom stereocenters. The van der Waals surface area contributed by atoms with Crippen molar-refractivity contribution in [3.63, 3.8) is 0 Å². The van der Waals surface area contributed by atoms with Gasteiger partial charge in [0, 0.05) is 23.5 Å². The summed E-state index contributed by atoms with van der Waals surface area (Å²) in [5.41, 5.74) is 1.35. The van der Waals surface area contributed by atoms with Crippen molar-refractivity contribution in [1.82, 2.24) is 4.98 Å². The molecule has 1 heterocycles. The van der Waals surface area contributed by atoms with Gasteiger partial charge in [-0.2, -0.15) is 0 Å². The molecule has 7 nitrogen and oxygen atoms in total.